The summed E-state index contributed by atoms with van der Waals surface area (Å²) in [5.41, 5.74) is 1.77. The topological polar surface area (TPSA) is 79.2 Å². The molecule has 0 bridgehead atoms. The Balaban J connectivity index is 1.31. The minimum atomic E-state index is -0.359. The van der Waals surface area contributed by atoms with Crippen molar-refractivity contribution in [1.82, 2.24) is 9.80 Å². The van der Waals surface area contributed by atoms with Gasteiger partial charge in [-0.3, -0.25) is 19.8 Å². The molecule has 0 aliphatic carbocycles. The molecule has 0 aromatic heterocycles. The predicted octanol–water partition coefficient (Wildman–Crippen LogP) is 2.97. The van der Waals surface area contributed by atoms with E-state index in [0.717, 1.165) is 5.56 Å². The van der Waals surface area contributed by atoms with Gasteiger partial charge >= 0.3 is 0 Å². The molecular weight excluding hydrogens is 420 g/mol. The summed E-state index contributed by atoms with van der Waals surface area (Å²) in [5, 5.41) is 12.0. The van der Waals surface area contributed by atoms with Crippen LogP contribution in [0.1, 0.15) is 11.7 Å². The van der Waals surface area contributed by atoms with Gasteiger partial charge in [0.2, 0.25) is 5.91 Å². The number of nitro benzene ring substituents is 1. The average Bonchev–Trinajstić information content (AvgIpc) is 2.80. The van der Waals surface area contributed by atoms with Crippen LogP contribution in [0, 0.1) is 10.1 Å². The molecule has 0 radical (unpaired) electrons. The van der Waals surface area contributed by atoms with Crippen LogP contribution in [-0.4, -0.2) is 73.1 Å². The molecule has 164 valence electrons. The second kappa shape index (κ2) is 9.64. The first kappa shape index (κ1) is 21.5. The van der Waals surface area contributed by atoms with Crippen molar-refractivity contribution in [1.29, 1.82) is 0 Å². The van der Waals surface area contributed by atoms with Crippen molar-refractivity contribution in [3.63, 3.8) is 0 Å². The van der Waals surface area contributed by atoms with Crippen LogP contribution in [0.3, 0.4) is 0 Å². The van der Waals surface area contributed by atoms with Gasteiger partial charge in [-0.05, 0) is 23.8 Å². The van der Waals surface area contributed by atoms with Crippen molar-refractivity contribution < 1.29 is 14.5 Å². The quantitative estimate of drug-likeness (QED) is 0.521. The largest absolute Gasteiger partial charge is 0.371 e. The van der Waals surface area contributed by atoms with Crippen LogP contribution in [0.5, 0.6) is 0 Å². The number of hydrogen-bond donors (Lipinski definition) is 0. The number of anilines is 1. The smallest absolute Gasteiger partial charge is 0.292 e. The Bertz CT molecular complexity index is 931. The summed E-state index contributed by atoms with van der Waals surface area (Å²) in [6, 6.07) is 14.4. The fourth-order valence-corrected chi connectivity index (χ4v) is 4.23. The Kier molecular flexibility index (Phi) is 6.70. The number of ether oxygens (including phenoxy) is 1. The Labute approximate surface area is 186 Å². The molecule has 1 atom stereocenters. The monoisotopic (exact) mass is 444 g/mol. The van der Waals surface area contributed by atoms with Gasteiger partial charge in [-0.15, -0.1) is 0 Å². The maximum atomic E-state index is 12.9. The Morgan fingerprint density at radius 1 is 1.06 bits per heavy atom. The lowest BCUT2D eigenvalue weighted by Gasteiger charge is -2.38. The highest BCUT2D eigenvalue weighted by molar-refractivity contribution is 6.30. The number of morpholine rings is 1. The summed E-state index contributed by atoms with van der Waals surface area (Å²) in [7, 11) is 0. The fraction of sp³-hybridized carbons (Fsp3) is 0.409. The Morgan fingerprint density at radius 2 is 1.77 bits per heavy atom. The summed E-state index contributed by atoms with van der Waals surface area (Å²) in [6.45, 7) is 4.55. The molecule has 2 fully saturated rings. The lowest BCUT2D eigenvalue weighted by atomic mass is 10.1. The van der Waals surface area contributed by atoms with E-state index in [1.807, 2.05) is 34.1 Å². The van der Waals surface area contributed by atoms with Crippen molar-refractivity contribution in [2.45, 2.75) is 6.10 Å². The number of benzene rings is 2. The minimum Gasteiger partial charge on any atom is -0.371 e. The first-order valence-corrected chi connectivity index (χ1v) is 10.7. The van der Waals surface area contributed by atoms with Gasteiger partial charge in [0.1, 0.15) is 5.69 Å². The molecule has 2 aliphatic rings. The van der Waals surface area contributed by atoms with Crippen molar-refractivity contribution in [3.05, 3.63) is 69.2 Å². The van der Waals surface area contributed by atoms with Crippen molar-refractivity contribution >= 4 is 28.9 Å². The zero-order valence-corrected chi connectivity index (χ0v) is 17.9. The maximum Gasteiger partial charge on any atom is 0.292 e. The number of carbonyl (C=O) groups is 1. The molecule has 2 heterocycles. The van der Waals surface area contributed by atoms with Crippen LogP contribution >= 0.6 is 11.6 Å². The first-order valence-electron chi connectivity index (χ1n) is 10.4. The highest BCUT2D eigenvalue weighted by Gasteiger charge is 2.28. The Morgan fingerprint density at radius 3 is 2.48 bits per heavy atom. The first-order chi connectivity index (χ1) is 15.0. The Hall–Kier alpha value is -2.68. The van der Waals surface area contributed by atoms with E-state index in [1.54, 1.807) is 18.2 Å². The summed E-state index contributed by atoms with van der Waals surface area (Å²) < 4.78 is 5.88. The highest BCUT2D eigenvalue weighted by Crippen LogP contribution is 2.28. The predicted molar refractivity (Wildman–Crippen MR) is 118 cm³/mol. The lowest BCUT2D eigenvalue weighted by Crippen LogP contribution is -2.52. The van der Waals surface area contributed by atoms with Gasteiger partial charge in [0.05, 0.1) is 24.2 Å². The van der Waals surface area contributed by atoms with Crippen molar-refractivity contribution in [2.75, 3.05) is 57.3 Å². The molecule has 2 saturated heterocycles. The van der Waals surface area contributed by atoms with E-state index >= 15 is 0 Å². The van der Waals surface area contributed by atoms with Crippen molar-refractivity contribution in [2.24, 2.45) is 0 Å². The van der Waals surface area contributed by atoms with Gasteiger partial charge in [0.25, 0.3) is 5.69 Å². The average molecular weight is 445 g/mol. The van der Waals surface area contributed by atoms with Gasteiger partial charge in [-0.1, -0.05) is 35.9 Å². The van der Waals surface area contributed by atoms with E-state index in [4.69, 9.17) is 16.3 Å². The summed E-state index contributed by atoms with van der Waals surface area (Å²) in [6.07, 6.45) is -0.0747. The molecule has 1 amide bonds. The third kappa shape index (κ3) is 5.15. The second-order valence-corrected chi connectivity index (χ2v) is 8.20. The van der Waals surface area contributed by atoms with Gasteiger partial charge in [0.15, 0.2) is 0 Å². The zero-order valence-electron chi connectivity index (χ0n) is 17.2. The fourth-order valence-electron chi connectivity index (χ4n) is 4.10. The molecule has 2 aliphatic heterocycles. The molecule has 4 rings (SSSR count). The van der Waals surface area contributed by atoms with Gasteiger partial charge < -0.3 is 14.5 Å². The molecule has 1 unspecified atom stereocenters. The number of rotatable bonds is 5. The van der Waals surface area contributed by atoms with E-state index in [1.165, 1.54) is 6.07 Å². The van der Waals surface area contributed by atoms with Gasteiger partial charge in [0, 0.05) is 50.4 Å². The summed E-state index contributed by atoms with van der Waals surface area (Å²) >= 11 is 5.97. The third-order valence-electron chi connectivity index (χ3n) is 5.80. The van der Waals surface area contributed by atoms with E-state index in [0.29, 0.717) is 63.1 Å². The van der Waals surface area contributed by atoms with E-state index in [9.17, 15) is 14.9 Å². The second-order valence-electron chi connectivity index (χ2n) is 7.76. The molecule has 31 heavy (non-hydrogen) atoms. The van der Waals surface area contributed by atoms with E-state index in [-0.39, 0.29) is 22.6 Å². The molecule has 0 N–H and O–H groups in total. The number of hydrogen-bond acceptors (Lipinski definition) is 6. The van der Waals surface area contributed by atoms with Crippen LogP contribution in [0.4, 0.5) is 11.4 Å². The zero-order chi connectivity index (χ0) is 21.8. The third-order valence-corrected chi connectivity index (χ3v) is 6.05. The molecule has 0 saturated carbocycles. The van der Waals surface area contributed by atoms with E-state index in [2.05, 4.69) is 4.90 Å². The molecular formula is C22H25ClN4O4. The van der Waals surface area contributed by atoms with Crippen molar-refractivity contribution in [3.8, 4) is 0 Å². The number of carbonyl (C=O) groups excluding carboxylic acids is 1. The molecule has 2 aromatic carbocycles. The van der Waals surface area contributed by atoms with Crippen LogP contribution < -0.4 is 4.90 Å². The van der Waals surface area contributed by atoms with Crippen LogP contribution in [0.25, 0.3) is 0 Å². The lowest BCUT2D eigenvalue weighted by molar-refractivity contribution is -0.384. The number of nitrogens with zero attached hydrogens (tertiary/aromatic N) is 4. The number of halogens is 1. The summed E-state index contributed by atoms with van der Waals surface area (Å²) in [4.78, 5) is 29.8. The van der Waals surface area contributed by atoms with Crippen LogP contribution in [-0.2, 0) is 9.53 Å². The standard InChI is InChI=1S/C22H25ClN4O4/c23-18-7-5-17(6-8-18)21-15-24(13-14-31-21)16-22(28)26-11-9-25(10-12-26)19-3-1-2-4-20(19)27(29)30/h1-8,21H,9-16H2. The number of nitro groups is 1. The highest BCUT2D eigenvalue weighted by atomic mass is 35.5. The number of amides is 1. The molecule has 8 nitrogen and oxygen atoms in total. The number of piperazine rings is 1. The minimum absolute atomic E-state index is 0.0747. The van der Waals surface area contributed by atoms with Gasteiger partial charge in [-0.25, -0.2) is 0 Å². The van der Waals surface area contributed by atoms with Gasteiger partial charge in [-0.2, -0.15) is 0 Å². The molecule has 2 aromatic rings. The normalized spacial score (nSPS) is 20.0. The van der Waals surface area contributed by atoms with Crippen LogP contribution in [0.2, 0.25) is 5.02 Å². The summed E-state index contributed by atoms with van der Waals surface area (Å²) in [5.74, 6) is 0.0824. The molecule has 9 heteroatoms. The maximum absolute atomic E-state index is 12.9. The molecule has 0 spiro atoms. The van der Waals surface area contributed by atoms with E-state index < -0.39 is 0 Å². The number of para-hydroxylation sites is 2. The van der Waals surface area contributed by atoms with Crippen LogP contribution in [0.15, 0.2) is 48.5 Å². The SMILES string of the molecule is O=C(CN1CCOC(c2ccc(Cl)cc2)C1)N1CCN(c2ccccc2[N+](=O)[O-])CC1.